The van der Waals surface area contributed by atoms with E-state index in [-0.39, 0.29) is 10.8 Å². The van der Waals surface area contributed by atoms with Crippen LogP contribution < -0.4 is 4.72 Å². The molecule has 0 saturated carbocycles. The quantitative estimate of drug-likeness (QED) is 0.885. The van der Waals surface area contributed by atoms with Crippen LogP contribution in [0.25, 0.3) is 0 Å². The summed E-state index contributed by atoms with van der Waals surface area (Å²) < 4.78 is 26.7. The van der Waals surface area contributed by atoms with Crippen LogP contribution in [0, 0.1) is 20.8 Å². The van der Waals surface area contributed by atoms with Gasteiger partial charge in [0.05, 0.1) is 11.4 Å². The van der Waals surface area contributed by atoms with Crippen LogP contribution >= 0.6 is 11.3 Å². The second-order valence-corrected chi connectivity index (χ2v) is 8.67. The van der Waals surface area contributed by atoms with Gasteiger partial charge in [0.25, 0.3) is 5.91 Å². The molecular formula is C17H22N2O3S2. The summed E-state index contributed by atoms with van der Waals surface area (Å²) in [5, 5.41) is 2.00. The number of nitrogens with zero attached hydrogens (tertiary/aromatic N) is 1. The molecule has 0 fully saturated rings. The van der Waals surface area contributed by atoms with E-state index in [1.165, 1.54) is 13.1 Å². The van der Waals surface area contributed by atoms with Crippen molar-refractivity contribution in [3.63, 3.8) is 0 Å². The first-order valence-corrected chi connectivity index (χ1v) is 9.87. The summed E-state index contributed by atoms with van der Waals surface area (Å²) in [7, 11) is -0.518. The molecule has 0 saturated heterocycles. The number of hydrogen-bond donors (Lipinski definition) is 1. The Balaban J connectivity index is 2.38. The van der Waals surface area contributed by atoms with Gasteiger partial charge in [-0.05, 0) is 68.1 Å². The Kier molecular flexibility index (Phi) is 5.47. The topological polar surface area (TPSA) is 66.5 Å². The summed E-state index contributed by atoms with van der Waals surface area (Å²) in [4.78, 5) is 15.6. The molecule has 2 aromatic rings. The molecule has 0 bridgehead atoms. The van der Waals surface area contributed by atoms with Crippen LogP contribution in [0.4, 0.5) is 0 Å². The largest absolute Gasteiger partial charge is 0.337 e. The van der Waals surface area contributed by atoms with Crippen LogP contribution in [-0.4, -0.2) is 33.3 Å². The molecule has 1 amide bonds. The molecule has 24 heavy (non-hydrogen) atoms. The molecule has 130 valence electrons. The van der Waals surface area contributed by atoms with E-state index >= 15 is 0 Å². The molecule has 1 heterocycles. The van der Waals surface area contributed by atoms with Crippen LogP contribution in [0.1, 0.15) is 31.9 Å². The lowest BCUT2D eigenvalue weighted by Crippen LogP contribution is -2.27. The van der Waals surface area contributed by atoms with Gasteiger partial charge in [0, 0.05) is 17.5 Å². The molecule has 1 aromatic carbocycles. The van der Waals surface area contributed by atoms with Crippen LogP contribution in [0.5, 0.6) is 0 Å². The Hall–Kier alpha value is -1.70. The fourth-order valence-electron chi connectivity index (χ4n) is 2.41. The first kappa shape index (κ1) is 18.6. The fraction of sp³-hybridized carbons (Fsp3) is 0.353. The number of amides is 1. The summed E-state index contributed by atoms with van der Waals surface area (Å²) >= 11 is 1.61. The van der Waals surface area contributed by atoms with Crippen molar-refractivity contribution < 1.29 is 13.2 Å². The Labute approximate surface area is 147 Å². The minimum atomic E-state index is -3.61. The predicted octanol–water partition coefficient (Wildman–Crippen LogP) is 2.85. The van der Waals surface area contributed by atoms with E-state index in [0.29, 0.717) is 17.7 Å². The number of sulfonamides is 1. The van der Waals surface area contributed by atoms with Crippen molar-refractivity contribution in [2.24, 2.45) is 0 Å². The van der Waals surface area contributed by atoms with Crippen molar-refractivity contribution in [2.45, 2.75) is 32.2 Å². The molecule has 0 unspecified atom stereocenters. The van der Waals surface area contributed by atoms with Crippen molar-refractivity contribution >= 4 is 27.3 Å². The maximum atomic E-state index is 12.7. The SMILES string of the molecule is CNS(=O)(=O)c1cc(C(=O)N(C)Cc2sccc2C)cc(C)c1C. The summed E-state index contributed by atoms with van der Waals surface area (Å²) in [5.41, 5.74) is 2.95. The maximum Gasteiger partial charge on any atom is 0.253 e. The van der Waals surface area contributed by atoms with Crippen molar-refractivity contribution in [1.82, 2.24) is 9.62 Å². The third-order valence-electron chi connectivity index (χ3n) is 4.12. The maximum absolute atomic E-state index is 12.7. The van der Waals surface area contributed by atoms with Gasteiger partial charge in [-0.15, -0.1) is 11.3 Å². The lowest BCUT2D eigenvalue weighted by Gasteiger charge is -2.19. The first-order valence-electron chi connectivity index (χ1n) is 7.50. The van der Waals surface area contributed by atoms with Crippen LogP contribution in [0.3, 0.4) is 0 Å². The molecule has 0 spiro atoms. The van der Waals surface area contributed by atoms with E-state index in [1.54, 1.807) is 36.3 Å². The number of carbonyl (C=O) groups excluding carboxylic acids is 1. The van der Waals surface area contributed by atoms with E-state index in [4.69, 9.17) is 0 Å². The summed E-state index contributed by atoms with van der Waals surface area (Å²) in [6.45, 7) is 6.07. The summed E-state index contributed by atoms with van der Waals surface area (Å²) in [6.07, 6.45) is 0. The lowest BCUT2D eigenvalue weighted by molar-refractivity contribution is 0.0786. The lowest BCUT2D eigenvalue weighted by atomic mass is 10.1. The predicted molar refractivity (Wildman–Crippen MR) is 97.0 cm³/mol. The number of benzene rings is 1. The number of hydrogen-bond acceptors (Lipinski definition) is 4. The molecule has 0 aliphatic rings. The van der Waals surface area contributed by atoms with E-state index < -0.39 is 10.0 Å². The third kappa shape index (κ3) is 3.68. The van der Waals surface area contributed by atoms with Gasteiger partial charge in [0.1, 0.15) is 0 Å². The second-order valence-electron chi connectivity index (χ2n) is 5.81. The molecule has 0 radical (unpaired) electrons. The van der Waals surface area contributed by atoms with Gasteiger partial charge in [0.15, 0.2) is 0 Å². The minimum absolute atomic E-state index is 0.147. The molecule has 2 rings (SSSR count). The van der Waals surface area contributed by atoms with Crippen molar-refractivity contribution in [3.05, 3.63) is 50.7 Å². The molecule has 1 N–H and O–H groups in total. The zero-order valence-electron chi connectivity index (χ0n) is 14.5. The highest BCUT2D eigenvalue weighted by molar-refractivity contribution is 7.89. The van der Waals surface area contributed by atoms with Gasteiger partial charge < -0.3 is 4.90 Å². The van der Waals surface area contributed by atoms with Crippen molar-refractivity contribution in [1.29, 1.82) is 0 Å². The Morgan fingerprint density at radius 1 is 1.21 bits per heavy atom. The molecule has 1 aromatic heterocycles. The Bertz CT molecular complexity index is 870. The molecular weight excluding hydrogens is 344 g/mol. The highest BCUT2D eigenvalue weighted by Crippen LogP contribution is 2.23. The second kappa shape index (κ2) is 7.04. The van der Waals surface area contributed by atoms with Gasteiger partial charge in [0.2, 0.25) is 10.0 Å². The van der Waals surface area contributed by atoms with Gasteiger partial charge >= 0.3 is 0 Å². The monoisotopic (exact) mass is 366 g/mol. The molecule has 0 aliphatic heterocycles. The molecule has 0 aliphatic carbocycles. The third-order valence-corrected chi connectivity index (χ3v) is 6.67. The van der Waals surface area contributed by atoms with Crippen molar-refractivity contribution in [3.8, 4) is 0 Å². The van der Waals surface area contributed by atoms with Crippen LogP contribution in [0.2, 0.25) is 0 Å². The zero-order chi connectivity index (χ0) is 18.1. The standard InChI is InChI=1S/C17H22N2O3S2/c1-11-6-7-23-15(11)10-19(5)17(20)14-8-12(2)13(3)16(9-14)24(21,22)18-4/h6-9,18H,10H2,1-5H3. The van der Waals surface area contributed by atoms with Gasteiger partial charge in [-0.25, -0.2) is 13.1 Å². The zero-order valence-corrected chi connectivity index (χ0v) is 16.1. The molecule has 7 heteroatoms. The number of rotatable bonds is 5. The average Bonchev–Trinajstić information content (AvgIpc) is 2.93. The summed E-state index contributed by atoms with van der Waals surface area (Å²) in [5.74, 6) is -0.196. The van der Waals surface area contributed by atoms with E-state index in [9.17, 15) is 13.2 Å². The van der Waals surface area contributed by atoms with Crippen molar-refractivity contribution in [2.75, 3.05) is 14.1 Å². The van der Waals surface area contributed by atoms with E-state index in [2.05, 4.69) is 4.72 Å². The molecule has 5 nitrogen and oxygen atoms in total. The number of carbonyl (C=O) groups is 1. The van der Waals surface area contributed by atoms with Crippen LogP contribution in [0.15, 0.2) is 28.5 Å². The average molecular weight is 367 g/mol. The van der Waals surface area contributed by atoms with E-state index in [1.807, 2.05) is 25.3 Å². The first-order chi connectivity index (χ1) is 11.2. The fourth-order valence-corrected chi connectivity index (χ4v) is 4.44. The summed E-state index contributed by atoms with van der Waals surface area (Å²) in [6, 6.07) is 5.21. The molecule has 0 atom stereocenters. The van der Waals surface area contributed by atoms with Gasteiger partial charge in [-0.1, -0.05) is 0 Å². The normalized spacial score (nSPS) is 11.5. The Morgan fingerprint density at radius 3 is 2.42 bits per heavy atom. The smallest absolute Gasteiger partial charge is 0.253 e. The Morgan fingerprint density at radius 2 is 1.88 bits per heavy atom. The number of nitrogens with one attached hydrogen (secondary N) is 1. The number of aryl methyl sites for hydroxylation is 2. The van der Waals surface area contributed by atoms with Crippen LogP contribution in [-0.2, 0) is 16.6 Å². The highest BCUT2D eigenvalue weighted by atomic mass is 32.2. The van der Waals surface area contributed by atoms with Gasteiger partial charge in [-0.3, -0.25) is 4.79 Å². The van der Waals surface area contributed by atoms with Gasteiger partial charge in [-0.2, -0.15) is 0 Å². The van der Waals surface area contributed by atoms with E-state index in [0.717, 1.165) is 16.0 Å². The highest BCUT2D eigenvalue weighted by Gasteiger charge is 2.21. The number of thiophene rings is 1. The minimum Gasteiger partial charge on any atom is -0.337 e.